The monoisotopic (exact) mass is 162 g/mol. The third-order valence-corrected chi connectivity index (χ3v) is 2.40. The summed E-state index contributed by atoms with van der Waals surface area (Å²) in [5.74, 6) is 0.789. The molecular weight excluding hydrogens is 148 g/mol. The summed E-state index contributed by atoms with van der Waals surface area (Å²) >= 11 is 0. The van der Waals surface area contributed by atoms with Crippen molar-refractivity contribution in [1.82, 2.24) is 10.3 Å². The maximum atomic E-state index is 4.33. The van der Waals surface area contributed by atoms with Gasteiger partial charge in [0.2, 0.25) is 0 Å². The molecule has 2 heterocycles. The molecule has 0 saturated carbocycles. The molecule has 12 heavy (non-hydrogen) atoms. The normalized spacial score (nSPS) is 29.1. The number of pyridine rings is 1. The minimum Gasteiger partial charge on any atom is -0.308 e. The Bertz CT molecular complexity index is 245. The predicted octanol–water partition coefficient (Wildman–Crippen LogP) is 1.75. The molecule has 0 spiro atoms. The molecule has 2 atom stereocenters. The quantitative estimate of drug-likeness (QED) is 0.680. The maximum absolute atomic E-state index is 4.33. The first kappa shape index (κ1) is 7.74. The van der Waals surface area contributed by atoms with Crippen LogP contribution < -0.4 is 5.32 Å². The van der Waals surface area contributed by atoms with Gasteiger partial charge >= 0.3 is 0 Å². The number of aromatic nitrogens is 1. The average Bonchev–Trinajstić information content (AvgIpc) is 2.54. The highest BCUT2D eigenvalue weighted by molar-refractivity contribution is 5.10. The van der Waals surface area contributed by atoms with Gasteiger partial charge < -0.3 is 5.32 Å². The topological polar surface area (TPSA) is 24.9 Å². The van der Waals surface area contributed by atoms with Crippen LogP contribution in [-0.4, -0.2) is 11.5 Å². The van der Waals surface area contributed by atoms with Crippen molar-refractivity contribution >= 4 is 0 Å². The van der Waals surface area contributed by atoms with Gasteiger partial charge in [-0.15, -0.1) is 0 Å². The molecule has 0 amide bonds. The zero-order valence-electron chi connectivity index (χ0n) is 7.33. The Balaban J connectivity index is 2.11. The number of rotatable bonds is 1. The molecule has 0 aromatic carbocycles. The van der Waals surface area contributed by atoms with Gasteiger partial charge in [-0.05, 0) is 31.0 Å². The van der Waals surface area contributed by atoms with Crippen LogP contribution in [0.2, 0.25) is 0 Å². The van der Waals surface area contributed by atoms with Crippen LogP contribution in [0.4, 0.5) is 0 Å². The average molecular weight is 162 g/mol. The Hall–Kier alpha value is -0.890. The van der Waals surface area contributed by atoms with Crippen molar-refractivity contribution in [2.75, 3.05) is 6.54 Å². The summed E-state index contributed by atoms with van der Waals surface area (Å²) in [6, 6.07) is 6.59. The molecule has 1 aromatic rings. The first-order valence-corrected chi connectivity index (χ1v) is 4.50. The molecule has 1 saturated heterocycles. The lowest BCUT2D eigenvalue weighted by atomic mass is 10.1. The van der Waals surface area contributed by atoms with Crippen LogP contribution in [0.5, 0.6) is 0 Å². The lowest BCUT2D eigenvalue weighted by Crippen LogP contribution is -2.14. The van der Waals surface area contributed by atoms with Gasteiger partial charge in [0.15, 0.2) is 0 Å². The van der Waals surface area contributed by atoms with Gasteiger partial charge in [-0.25, -0.2) is 0 Å². The zero-order valence-corrected chi connectivity index (χ0v) is 7.33. The second kappa shape index (κ2) is 3.23. The zero-order chi connectivity index (χ0) is 8.39. The highest BCUT2D eigenvalue weighted by Crippen LogP contribution is 2.24. The molecule has 0 bridgehead atoms. The summed E-state index contributed by atoms with van der Waals surface area (Å²) < 4.78 is 0. The Labute approximate surface area is 73.0 Å². The highest BCUT2D eigenvalue weighted by atomic mass is 15.0. The summed E-state index contributed by atoms with van der Waals surface area (Å²) in [5.41, 5.74) is 1.18. The number of nitrogens with one attached hydrogen (secondary N) is 1. The molecule has 2 rings (SSSR count). The first-order chi connectivity index (χ1) is 5.86. The van der Waals surface area contributed by atoms with Crippen LogP contribution in [-0.2, 0) is 0 Å². The fraction of sp³-hybridized carbons (Fsp3) is 0.500. The molecule has 1 aromatic heterocycles. The van der Waals surface area contributed by atoms with Gasteiger partial charge in [0.05, 0.1) is 5.69 Å². The third-order valence-electron chi connectivity index (χ3n) is 2.40. The van der Waals surface area contributed by atoms with Gasteiger partial charge in [0.25, 0.3) is 0 Å². The predicted molar refractivity (Wildman–Crippen MR) is 48.8 cm³/mol. The van der Waals surface area contributed by atoms with Crippen LogP contribution in [0.1, 0.15) is 25.1 Å². The van der Waals surface area contributed by atoms with Crippen molar-refractivity contribution in [3.05, 3.63) is 30.1 Å². The Kier molecular flexibility index (Phi) is 2.09. The lowest BCUT2D eigenvalue weighted by molar-refractivity contribution is 0.599. The molecule has 2 unspecified atom stereocenters. The van der Waals surface area contributed by atoms with E-state index in [0.717, 1.165) is 12.5 Å². The van der Waals surface area contributed by atoms with Crippen molar-refractivity contribution in [2.24, 2.45) is 5.92 Å². The van der Waals surface area contributed by atoms with E-state index in [0.29, 0.717) is 6.04 Å². The van der Waals surface area contributed by atoms with E-state index in [1.807, 2.05) is 18.3 Å². The number of hydrogen-bond donors (Lipinski definition) is 1. The van der Waals surface area contributed by atoms with E-state index in [2.05, 4.69) is 23.3 Å². The maximum Gasteiger partial charge on any atom is 0.0573 e. The molecule has 2 heteroatoms. The minimum absolute atomic E-state index is 0.487. The van der Waals surface area contributed by atoms with Gasteiger partial charge in [-0.1, -0.05) is 13.0 Å². The van der Waals surface area contributed by atoms with Crippen LogP contribution in [0.3, 0.4) is 0 Å². The van der Waals surface area contributed by atoms with Crippen LogP contribution in [0.25, 0.3) is 0 Å². The van der Waals surface area contributed by atoms with E-state index in [1.165, 1.54) is 12.1 Å². The third kappa shape index (κ3) is 1.48. The van der Waals surface area contributed by atoms with Gasteiger partial charge in [0.1, 0.15) is 0 Å². The Morgan fingerprint density at radius 1 is 1.50 bits per heavy atom. The number of hydrogen-bond acceptors (Lipinski definition) is 2. The minimum atomic E-state index is 0.487. The standard InChI is InChI=1S/C10H14N2/c1-8-6-10(12-7-8)9-4-2-3-5-11-9/h2-5,8,10,12H,6-7H2,1H3. The van der Waals surface area contributed by atoms with E-state index in [4.69, 9.17) is 0 Å². The van der Waals surface area contributed by atoms with E-state index in [9.17, 15) is 0 Å². The van der Waals surface area contributed by atoms with E-state index in [1.54, 1.807) is 0 Å². The van der Waals surface area contributed by atoms with Crippen molar-refractivity contribution in [3.63, 3.8) is 0 Å². The summed E-state index contributed by atoms with van der Waals surface area (Å²) in [4.78, 5) is 4.33. The van der Waals surface area contributed by atoms with E-state index in [-0.39, 0.29) is 0 Å². The van der Waals surface area contributed by atoms with Gasteiger partial charge in [0, 0.05) is 12.2 Å². The van der Waals surface area contributed by atoms with E-state index < -0.39 is 0 Å². The molecule has 1 fully saturated rings. The van der Waals surface area contributed by atoms with Crippen molar-refractivity contribution in [3.8, 4) is 0 Å². The van der Waals surface area contributed by atoms with E-state index >= 15 is 0 Å². The summed E-state index contributed by atoms with van der Waals surface area (Å²) in [7, 11) is 0. The second-order valence-corrected chi connectivity index (χ2v) is 3.56. The smallest absolute Gasteiger partial charge is 0.0573 e. The first-order valence-electron chi connectivity index (χ1n) is 4.50. The molecule has 1 aliphatic rings. The lowest BCUT2D eigenvalue weighted by Gasteiger charge is -2.07. The molecular formula is C10H14N2. The van der Waals surface area contributed by atoms with Crippen molar-refractivity contribution in [2.45, 2.75) is 19.4 Å². The Morgan fingerprint density at radius 2 is 2.42 bits per heavy atom. The molecule has 64 valence electrons. The second-order valence-electron chi connectivity index (χ2n) is 3.56. The van der Waals surface area contributed by atoms with Crippen LogP contribution in [0, 0.1) is 5.92 Å². The Morgan fingerprint density at radius 3 is 3.00 bits per heavy atom. The molecule has 0 radical (unpaired) electrons. The fourth-order valence-electron chi connectivity index (χ4n) is 1.72. The van der Waals surface area contributed by atoms with Gasteiger partial charge in [-0.2, -0.15) is 0 Å². The summed E-state index contributed by atoms with van der Waals surface area (Å²) in [6.45, 7) is 3.40. The largest absolute Gasteiger partial charge is 0.308 e. The molecule has 1 aliphatic heterocycles. The summed E-state index contributed by atoms with van der Waals surface area (Å²) in [6.07, 6.45) is 3.08. The van der Waals surface area contributed by atoms with Crippen molar-refractivity contribution in [1.29, 1.82) is 0 Å². The molecule has 1 N–H and O–H groups in total. The van der Waals surface area contributed by atoms with Crippen LogP contribution in [0.15, 0.2) is 24.4 Å². The highest BCUT2D eigenvalue weighted by Gasteiger charge is 2.22. The van der Waals surface area contributed by atoms with Crippen LogP contribution >= 0.6 is 0 Å². The SMILES string of the molecule is CC1CNC(c2ccccn2)C1. The summed E-state index contributed by atoms with van der Waals surface area (Å²) in [5, 5.41) is 3.46. The van der Waals surface area contributed by atoms with Crippen molar-refractivity contribution < 1.29 is 0 Å². The van der Waals surface area contributed by atoms with Gasteiger partial charge in [-0.3, -0.25) is 4.98 Å². The molecule has 2 nitrogen and oxygen atoms in total. The molecule has 0 aliphatic carbocycles. The number of nitrogens with zero attached hydrogens (tertiary/aromatic N) is 1. The fourth-order valence-corrected chi connectivity index (χ4v) is 1.72.